The number of thiophene rings is 1. The van der Waals surface area contributed by atoms with Gasteiger partial charge in [0.1, 0.15) is 5.82 Å². The van der Waals surface area contributed by atoms with Crippen LogP contribution in [0.2, 0.25) is 0 Å². The van der Waals surface area contributed by atoms with Crippen LogP contribution in [-0.2, 0) is 11.2 Å². The van der Waals surface area contributed by atoms with Gasteiger partial charge >= 0.3 is 0 Å². The van der Waals surface area contributed by atoms with Crippen molar-refractivity contribution in [1.82, 2.24) is 5.32 Å². The Bertz CT molecular complexity index is 592. The Labute approximate surface area is 122 Å². The largest absolute Gasteiger partial charge is 0.350 e. The molecule has 4 heteroatoms. The highest BCUT2D eigenvalue weighted by molar-refractivity contribution is 7.09. The Kier molecular flexibility index (Phi) is 5.07. The van der Waals surface area contributed by atoms with Crippen LogP contribution in [-0.4, -0.2) is 11.9 Å². The van der Waals surface area contributed by atoms with Gasteiger partial charge in [0, 0.05) is 23.4 Å². The summed E-state index contributed by atoms with van der Waals surface area (Å²) >= 11 is 1.68. The summed E-state index contributed by atoms with van der Waals surface area (Å²) in [5.41, 5.74) is 0.672. The van der Waals surface area contributed by atoms with E-state index in [1.807, 2.05) is 18.4 Å². The Morgan fingerprint density at radius 3 is 2.95 bits per heavy atom. The number of carbonyl (C=O) groups excluding carboxylic acids is 1. The van der Waals surface area contributed by atoms with E-state index in [0.29, 0.717) is 5.56 Å². The van der Waals surface area contributed by atoms with Crippen LogP contribution in [0.3, 0.4) is 0 Å². The van der Waals surface area contributed by atoms with Crippen molar-refractivity contribution in [1.29, 1.82) is 0 Å². The van der Waals surface area contributed by atoms with E-state index in [4.69, 9.17) is 0 Å². The summed E-state index contributed by atoms with van der Waals surface area (Å²) in [5.74, 6) is -0.475. The molecule has 0 aliphatic carbocycles. The Morgan fingerprint density at radius 2 is 2.25 bits per heavy atom. The molecule has 1 heterocycles. The fourth-order valence-electron chi connectivity index (χ4n) is 1.85. The molecule has 1 aromatic heterocycles. The molecule has 1 N–H and O–H groups in total. The van der Waals surface area contributed by atoms with Gasteiger partial charge in [-0.25, -0.2) is 4.39 Å². The molecule has 104 valence electrons. The summed E-state index contributed by atoms with van der Waals surface area (Å²) in [6.07, 6.45) is 3.85. The molecule has 0 saturated carbocycles. The topological polar surface area (TPSA) is 29.1 Å². The lowest BCUT2D eigenvalue weighted by Gasteiger charge is -2.10. The normalized spacial score (nSPS) is 12.5. The van der Waals surface area contributed by atoms with Crippen molar-refractivity contribution in [3.63, 3.8) is 0 Å². The van der Waals surface area contributed by atoms with Gasteiger partial charge in [-0.2, -0.15) is 0 Å². The van der Waals surface area contributed by atoms with Crippen LogP contribution in [0, 0.1) is 5.82 Å². The molecule has 0 aliphatic heterocycles. The molecule has 1 amide bonds. The fourth-order valence-corrected chi connectivity index (χ4v) is 2.69. The molecule has 0 radical (unpaired) electrons. The second-order valence-corrected chi connectivity index (χ2v) is 5.61. The van der Waals surface area contributed by atoms with E-state index < -0.39 is 0 Å². The predicted molar refractivity (Wildman–Crippen MR) is 81.1 cm³/mol. The van der Waals surface area contributed by atoms with Crippen molar-refractivity contribution in [2.24, 2.45) is 0 Å². The van der Waals surface area contributed by atoms with Gasteiger partial charge in [0.25, 0.3) is 0 Å². The predicted octanol–water partition coefficient (Wildman–Crippen LogP) is 3.65. The van der Waals surface area contributed by atoms with Gasteiger partial charge in [-0.15, -0.1) is 11.3 Å². The maximum absolute atomic E-state index is 13.0. The van der Waals surface area contributed by atoms with Gasteiger partial charge in [0.2, 0.25) is 5.91 Å². The number of hydrogen-bond donors (Lipinski definition) is 1. The van der Waals surface area contributed by atoms with E-state index in [2.05, 4.69) is 11.4 Å². The Balaban J connectivity index is 1.85. The van der Waals surface area contributed by atoms with E-state index in [1.54, 1.807) is 29.5 Å². The third-order valence-electron chi connectivity index (χ3n) is 2.75. The number of halogens is 1. The van der Waals surface area contributed by atoms with Crippen LogP contribution >= 0.6 is 11.3 Å². The highest BCUT2D eigenvalue weighted by atomic mass is 32.1. The van der Waals surface area contributed by atoms with Crippen LogP contribution in [0.25, 0.3) is 6.08 Å². The standard InChI is InChI=1S/C16H16FNOS/c1-12(10-15-6-3-9-20-15)18-16(19)8-7-13-4-2-5-14(17)11-13/h2-9,11-12H,10H2,1H3,(H,18,19)/b8-7+. The molecule has 2 rings (SSSR count). The van der Waals surface area contributed by atoms with Crippen LogP contribution in [0.1, 0.15) is 17.4 Å². The molecule has 0 bridgehead atoms. The maximum atomic E-state index is 13.0. The molecule has 2 aromatic rings. The first-order valence-electron chi connectivity index (χ1n) is 6.40. The van der Waals surface area contributed by atoms with E-state index in [1.165, 1.54) is 23.1 Å². The zero-order valence-electron chi connectivity index (χ0n) is 11.2. The molecular formula is C16H16FNOS. The van der Waals surface area contributed by atoms with Crippen molar-refractivity contribution >= 4 is 23.3 Å². The van der Waals surface area contributed by atoms with Crippen molar-refractivity contribution in [3.05, 3.63) is 64.1 Å². The maximum Gasteiger partial charge on any atom is 0.244 e. The smallest absolute Gasteiger partial charge is 0.244 e. The fraction of sp³-hybridized carbons (Fsp3) is 0.188. The summed E-state index contributed by atoms with van der Waals surface area (Å²) in [6, 6.07) is 10.3. The Hall–Kier alpha value is -1.94. The van der Waals surface area contributed by atoms with Crippen molar-refractivity contribution < 1.29 is 9.18 Å². The van der Waals surface area contributed by atoms with Gasteiger partial charge in [-0.05, 0) is 42.1 Å². The first-order chi connectivity index (χ1) is 9.63. The molecule has 0 fully saturated rings. The lowest BCUT2D eigenvalue weighted by molar-refractivity contribution is -0.117. The highest BCUT2D eigenvalue weighted by Gasteiger charge is 2.06. The average Bonchev–Trinajstić information content (AvgIpc) is 2.89. The monoisotopic (exact) mass is 289 g/mol. The molecule has 1 atom stereocenters. The molecule has 20 heavy (non-hydrogen) atoms. The van der Waals surface area contributed by atoms with E-state index in [9.17, 15) is 9.18 Å². The number of hydrogen-bond acceptors (Lipinski definition) is 2. The van der Waals surface area contributed by atoms with Crippen LogP contribution in [0.5, 0.6) is 0 Å². The van der Waals surface area contributed by atoms with Crippen molar-refractivity contribution in [2.75, 3.05) is 0 Å². The second-order valence-electron chi connectivity index (χ2n) is 4.58. The van der Waals surface area contributed by atoms with Gasteiger partial charge in [-0.3, -0.25) is 4.79 Å². The summed E-state index contributed by atoms with van der Waals surface area (Å²) in [7, 11) is 0. The summed E-state index contributed by atoms with van der Waals surface area (Å²) in [5, 5.41) is 4.91. The van der Waals surface area contributed by atoms with Gasteiger partial charge in [0.05, 0.1) is 0 Å². The van der Waals surface area contributed by atoms with E-state index in [-0.39, 0.29) is 17.8 Å². The number of rotatable bonds is 5. The zero-order chi connectivity index (χ0) is 14.4. The van der Waals surface area contributed by atoms with Crippen LogP contribution in [0.15, 0.2) is 47.9 Å². The molecule has 0 spiro atoms. The van der Waals surface area contributed by atoms with Crippen molar-refractivity contribution in [3.8, 4) is 0 Å². The quantitative estimate of drug-likeness (QED) is 0.836. The zero-order valence-corrected chi connectivity index (χ0v) is 12.0. The molecule has 2 nitrogen and oxygen atoms in total. The minimum absolute atomic E-state index is 0.0679. The number of benzene rings is 1. The summed E-state index contributed by atoms with van der Waals surface area (Å²) in [6.45, 7) is 1.97. The number of carbonyl (C=O) groups is 1. The highest BCUT2D eigenvalue weighted by Crippen LogP contribution is 2.11. The SMILES string of the molecule is CC(Cc1cccs1)NC(=O)/C=C/c1cccc(F)c1. The van der Waals surface area contributed by atoms with Gasteiger partial charge in [-0.1, -0.05) is 18.2 Å². The molecular weight excluding hydrogens is 273 g/mol. The van der Waals surface area contributed by atoms with Gasteiger partial charge < -0.3 is 5.32 Å². The Morgan fingerprint density at radius 1 is 1.40 bits per heavy atom. The molecule has 0 aliphatic rings. The molecule has 1 aromatic carbocycles. The first-order valence-corrected chi connectivity index (χ1v) is 7.28. The number of amides is 1. The molecule has 0 saturated heterocycles. The third kappa shape index (κ3) is 4.63. The van der Waals surface area contributed by atoms with Crippen molar-refractivity contribution in [2.45, 2.75) is 19.4 Å². The number of nitrogens with one attached hydrogen (secondary N) is 1. The minimum Gasteiger partial charge on any atom is -0.350 e. The summed E-state index contributed by atoms with van der Waals surface area (Å²) < 4.78 is 13.0. The van der Waals surface area contributed by atoms with E-state index >= 15 is 0 Å². The first kappa shape index (κ1) is 14.5. The third-order valence-corrected chi connectivity index (χ3v) is 3.65. The van der Waals surface area contributed by atoms with Gasteiger partial charge in [0.15, 0.2) is 0 Å². The lowest BCUT2D eigenvalue weighted by Crippen LogP contribution is -2.32. The van der Waals surface area contributed by atoms with Crippen LogP contribution in [0.4, 0.5) is 4.39 Å². The lowest BCUT2D eigenvalue weighted by atomic mass is 10.2. The summed E-state index contributed by atoms with van der Waals surface area (Å²) in [4.78, 5) is 13.0. The minimum atomic E-state index is -0.307. The second kappa shape index (κ2) is 7.01. The van der Waals surface area contributed by atoms with Crippen LogP contribution < -0.4 is 5.32 Å². The molecule has 1 unspecified atom stereocenters. The van der Waals surface area contributed by atoms with E-state index in [0.717, 1.165) is 6.42 Å². The average molecular weight is 289 g/mol.